The SMILES string of the molecule is Cn1nccc1CCN1C[C@@H](O)C[C@H]1c1ccc(F)cc1. The van der Waals surface area contributed by atoms with Crippen LogP contribution in [0.2, 0.25) is 0 Å². The Labute approximate surface area is 123 Å². The molecule has 112 valence electrons. The fraction of sp³-hybridized carbons (Fsp3) is 0.438. The van der Waals surface area contributed by atoms with E-state index < -0.39 is 0 Å². The van der Waals surface area contributed by atoms with Crippen molar-refractivity contribution in [1.29, 1.82) is 0 Å². The monoisotopic (exact) mass is 289 g/mol. The van der Waals surface area contributed by atoms with Crippen LogP contribution in [-0.4, -0.2) is 39.0 Å². The van der Waals surface area contributed by atoms with Gasteiger partial charge in [0.2, 0.25) is 0 Å². The number of likely N-dealkylation sites (tertiary alicyclic amines) is 1. The number of aliphatic hydroxyl groups is 1. The average molecular weight is 289 g/mol. The van der Waals surface area contributed by atoms with Crippen LogP contribution in [0, 0.1) is 5.82 Å². The summed E-state index contributed by atoms with van der Waals surface area (Å²) in [6.07, 6.45) is 3.08. The minimum atomic E-state index is -0.313. The summed E-state index contributed by atoms with van der Waals surface area (Å²) in [7, 11) is 1.94. The lowest BCUT2D eigenvalue weighted by atomic mass is 10.0. The number of hydrogen-bond acceptors (Lipinski definition) is 3. The van der Waals surface area contributed by atoms with Crippen LogP contribution in [0.1, 0.15) is 23.7 Å². The smallest absolute Gasteiger partial charge is 0.123 e. The molecule has 0 aliphatic carbocycles. The lowest BCUT2D eigenvalue weighted by Crippen LogP contribution is -2.27. The number of hydrogen-bond donors (Lipinski definition) is 1. The molecule has 21 heavy (non-hydrogen) atoms. The molecule has 1 aliphatic heterocycles. The number of halogens is 1. The van der Waals surface area contributed by atoms with E-state index in [2.05, 4.69) is 10.00 Å². The predicted octanol–water partition coefficient (Wildman–Crippen LogP) is 1.91. The van der Waals surface area contributed by atoms with Gasteiger partial charge in [0, 0.05) is 44.5 Å². The van der Waals surface area contributed by atoms with E-state index in [0.29, 0.717) is 13.0 Å². The summed E-state index contributed by atoms with van der Waals surface area (Å²) in [6.45, 7) is 1.53. The van der Waals surface area contributed by atoms with E-state index in [1.807, 2.05) is 29.9 Å². The molecule has 5 heteroatoms. The summed E-state index contributed by atoms with van der Waals surface area (Å²) in [4.78, 5) is 2.27. The maximum Gasteiger partial charge on any atom is 0.123 e. The summed E-state index contributed by atoms with van der Waals surface area (Å²) in [6, 6.07) is 8.77. The maximum absolute atomic E-state index is 13.1. The van der Waals surface area contributed by atoms with Crippen LogP contribution in [0.5, 0.6) is 0 Å². The van der Waals surface area contributed by atoms with Gasteiger partial charge >= 0.3 is 0 Å². The Morgan fingerprint density at radius 3 is 2.71 bits per heavy atom. The van der Waals surface area contributed by atoms with Crippen LogP contribution in [0.3, 0.4) is 0 Å². The molecule has 0 spiro atoms. The number of aryl methyl sites for hydroxylation is 1. The van der Waals surface area contributed by atoms with Crippen molar-refractivity contribution in [3.8, 4) is 0 Å². The number of rotatable bonds is 4. The van der Waals surface area contributed by atoms with E-state index in [0.717, 1.165) is 18.5 Å². The Morgan fingerprint density at radius 2 is 2.05 bits per heavy atom. The van der Waals surface area contributed by atoms with Gasteiger partial charge in [-0.05, 0) is 30.2 Å². The zero-order valence-corrected chi connectivity index (χ0v) is 12.1. The summed E-state index contributed by atoms with van der Waals surface area (Å²) < 4.78 is 14.9. The van der Waals surface area contributed by atoms with Crippen molar-refractivity contribution in [2.45, 2.75) is 25.0 Å². The van der Waals surface area contributed by atoms with Crippen molar-refractivity contribution in [2.24, 2.45) is 7.05 Å². The van der Waals surface area contributed by atoms with Gasteiger partial charge in [0.25, 0.3) is 0 Å². The fourth-order valence-electron chi connectivity index (χ4n) is 3.06. The molecule has 1 fully saturated rings. The maximum atomic E-state index is 13.1. The van der Waals surface area contributed by atoms with Crippen molar-refractivity contribution in [3.05, 3.63) is 53.6 Å². The molecule has 1 aliphatic rings. The van der Waals surface area contributed by atoms with Gasteiger partial charge < -0.3 is 5.11 Å². The second kappa shape index (κ2) is 5.95. The Balaban J connectivity index is 1.70. The fourth-order valence-corrected chi connectivity index (χ4v) is 3.06. The van der Waals surface area contributed by atoms with Gasteiger partial charge in [-0.1, -0.05) is 12.1 Å². The highest BCUT2D eigenvalue weighted by Gasteiger charge is 2.31. The van der Waals surface area contributed by atoms with Gasteiger partial charge in [-0.15, -0.1) is 0 Å². The van der Waals surface area contributed by atoms with Gasteiger partial charge in [-0.25, -0.2) is 4.39 Å². The molecule has 0 bridgehead atoms. The largest absolute Gasteiger partial charge is 0.392 e. The summed E-state index contributed by atoms with van der Waals surface area (Å²) in [5, 5.41) is 14.1. The third kappa shape index (κ3) is 3.14. The molecule has 0 radical (unpaired) electrons. The molecule has 0 amide bonds. The normalized spacial score (nSPS) is 22.8. The van der Waals surface area contributed by atoms with Crippen LogP contribution < -0.4 is 0 Å². The number of benzene rings is 1. The van der Waals surface area contributed by atoms with E-state index in [9.17, 15) is 9.50 Å². The van der Waals surface area contributed by atoms with E-state index in [-0.39, 0.29) is 18.0 Å². The number of aromatic nitrogens is 2. The second-order valence-corrected chi connectivity index (χ2v) is 5.65. The highest BCUT2D eigenvalue weighted by atomic mass is 19.1. The summed E-state index contributed by atoms with van der Waals surface area (Å²) in [5.74, 6) is -0.223. The average Bonchev–Trinajstić information content (AvgIpc) is 3.03. The molecule has 2 atom stereocenters. The van der Waals surface area contributed by atoms with E-state index in [1.54, 1.807) is 6.20 Å². The van der Waals surface area contributed by atoms with Crippen molar-refractivity contribution in [1.82, 2.24) is 14.7 Å². The molecule has 1 N–H and O–H groups in total. The Hall–Kier alpha value is -1.72. The molecule has 0 saturated carbocycles. The molecule has 0 unspecified atom stereocenters. The number of aliphatic hydroxyl groups excluding tert-OH is 1. The molecule has 1 saturated heterocycles. The van der Waals surface area contributed by atoms with Gasteiger partial charge in [0.05, 0.1) is 6.10 Å². The third-order valence-corrected chi connectivity index (χ3v) is 4.21. The van der Waals surface area contributed by atoms with Crippen LogP contribution in [0.25, 0.3) is 0 Å². The lowest BCUT2D eigenvalue weighted by Gasteiger charge is -2.24. The van der Waals surface area contributed by atoms with Crippen molar-refractivity contribution >= 4 is 0 Å². The molecule has 1 aromatic heterocycles. The summed E-state index contributed by atoms with van der Waals surface area (Å²) in [5.41, 5.74) is 2.24. The topological polar surface area (TPSA) is 41.3 Å². The van der Waals surface area contributed by atoms with Crippen LogP contribution in [-0.2, 0) is 13.5 Å². The Morgan fingerprint density at radius 1 is 1.29 bits per heavy atom. The zero-order chi connectivity index (χ0) is 14.8. The minimum Gasteiger partial charge on any atom is -0.392 e. The number of β-amino-alcohol motifs (C(OH)–C–C–N with tert-alkyl or cyclic N) is 1. The van der Waals surface area contributed by atoms with Crippen molar-refractivity contribution < 1.29 is 9.50 Å². The number of nitrogens with zero attached hydrogens (tertiary/aromatic N) is 3. The van der Waals surface area contributed by atoms with Crippen molar-refractivity contribution in [2.75, 3.05) is 13.1 Å². The van der Waals surface area contributed by atoms with Crippen LogP contribution >= 0.6 is 0 Å². The molecule has 2 heterocycles. The first-order valence-corrected chi connectivity index (χ1v) is 7.28. The van der Waals surface area contributed by atoms with Gasteiger partial charge in [-0.2, -0.15) is 5.10 Å². The van der Waals surface area contributed by atoms with Crippen molar-refractivity contribution in [3.63, 3.8) is 0 Å². The summed E-state index contributed by atoms with van der Waals surface area (Å²) >= 11 is 0. The highest BCUT2D eigenvalue weighted by Crippen LogP contribution is 2.32. The van der Waals surface area contributed by atoms with Crippen LogP contribution in [0.15, 0.2) is 36.5 Å². The quantitative estimate of drug-likeness (QED) is 0.935. The van der Waals surface area contributed by atoms with E-state index >= 15 is 0 Å². The van der Waals surface area contributed by atoms with Gasteiger partial charge in [0.1, 0.15) is 5.82 Å². The van der Waals surface area contributed by atoms with Gasteiger partial charge in [-0.3, -0.25) is 9.58 Å². The zero-order valence-electron chi connectivity index (χ0n) is 12.1. The molecule has 4 nitrogen and oxygen atoms in total. The first-order chi connectivity index (χ1) is 10.1. The highest BCUT2D eigenvalue weighted by molar-refractivity contribution is 5.21. The van der Waals surface area contributed by atoms with Crippen LogP contribution in [0.4, 0.5) is 4.39 Å². The molecule has 2 aromatic rings. The second-order valence-electron chi connectivity index (χ2n) is 5.65. The van der Waals surface area contributed by atoms with Gasteiger partial charge in [0.15, 0.2) is 0 Å². The molecule has 3 rings (SSSR count). The first-order valence-electron chi connectivity index (χ1n) is 7.28. The van der Waals surface area contributed by atoms with E-state index in [4.69, 9.17) is 0 Å². The minimum absolute atomic E-state index is 0.161. The Kier molecular flexibility index (Phi) is 4.03. The first kappa shape index (κ1) is 14.2. The van der Waals surface area contributed by atoms with E-state index in [1.165, 1.54) is 17.8 Å². The molecular weight excluding hydrogens is 269 g/mol. The lowest BCUT2D eigenvalue weighted by molar-refractivity contribution is 0.175. The standard InChI is InChI=1S/C16H20FN3O/c1-19-14(6-8-18-19)7-9-20-11-15(21)10-16(20)12-2-4-13(17)5-3-12/h2-6,8,15-16,21H,7,9-11H2,1H3/t15-,16-/m0/s1. The predicted molar refractivity (Wildman–Crippen MR) is 78.2 cm³/mol. The third-order valence-electron chi connectivity index (χ3n) is 4.21. The molecule has 1 aromatic carbocycles. The molecular formula is C16H20FN3O. The Bertz CT molecular complexity index is 596.